The maximum atomic E-state index is 12.4. The molecule has 5 heteroatoms. The molecule has 3 aromatic rings. The van der Waals surface area contributed by atoms with E-state index in [9.17, 15) is 14.7 Å². The fourth-order valence-electron chi connectivity index (χ4n) is 3.06. The minimum atomic E-state index is -0.448. The van der Waals surface area contributed by atoms with Crippen molar-refractivity contribution >= 4 is 35.1 Å². The molecule has 0 bridgehead atoms. The zero-order valence-electron chi connectivity index (χ0n) is 14.1. The van der Waals surface area contributed by atoms with Gasteiger partial charge in [0.15, 0.2) is 0 Å². The number of fused-ring (bicyclic) bond motifs is 1. The second-order valence-electron chi connectivity index (χ2n) is 6.20. The summed E-state index contributed by atoms with van der Waals surface area (Å²) < 4.78 is 0. The maximum absolute atomic E-state index is 12.4. The fraction of sp³-hybridized carbons (Fsp3) is 0. The number of rotatable bonds is 2. The standard InChI is InChI=1S/C22H14ClNO3/c23-16-3-1-2-14(11-16)15-6-9-18-19(10-13-4-7-17(25)8-5-13)21(26)24-22(27)20(18)12-15/h1-12,25H,(H,24,26,27). The summed E-state index contributed by atoms with van der Waals surface area (Å²) in [5, 5.41) is 12.4. The Balaban J connectivity index is 1.82. The summed E-state index contributed by atoms with van der Waals surface area (Å²) in [6, 6.07) is 19.2. The van der Waals surface area contributed by atoms with Gasteiger partial charge >= 0.3 is 0 Å². The summed E-state index contributed by atoms with van der Waals surface area (Å²) in [6.07, 6.45) is 1.69. The van der Waals surface area contributed by atoms with E-state index in [-0.39, 0.29) is 5.75 Å². The first-order chi connectivity index (χ1) is 13.0. The molecule has 3 aromatic carbocycles. The number of hydrogen-bond acceptors (Lipinski definition) is 3. The van der Waals surface area contributed by atoms with Gasteiger partial charge in [-0.15, -0.1) is 0 Å². The highest BCUT2D eigenvalue weighted by Crippen LogP contribution is 2.31. The lowest BCUT2D eigenvalue weighted by atomic mass is 9.90. The van der Waals surface area contributed by atoms with Crippen molar-refractivity contribution in [2.24, 2.45) is 0 Å². The van der Waals surface area contributed by atoms with Crippen molar-refractivity contribution in [3.63, 3.8) is 0 Å². The van der Waals surface area contributed by atoms with E-state index < -0.39 is 11.8 Å². The first kappa shape index (κ1) is 17.1. The van der Waals surface area contributed by atoms with Gasteiger partial charge in [-0.1, -0.05) is 48.0 Å². The van der Waals surface area contributed by atoms with Crippen molar-refractivity contribution in [3.05, 3.63) is 88.4 Å². The highest BCUT2D eigenvalue weighted by Gasteiger charge is 2.27. The average Bonchev–Trinajstić information content (AvgIpc) is 2.66. The number of aromatic hydroxyl groups is 1. The van der Waals surface area contributed by atoms with Crippen LogP contribution >= 0.6 is 11.6 Å². The molecule has 1 aliphatic rings. The van der Waals surface area contributed by atoms with Crippen molar-refractivity contribution < 1.29 is 14.7 Å². The predicted octanol–water partition coefficient (Wildman–Crippen LogP) is 4.52. The smallest absolute Gasteiger partial charge is 0.258 e. The molecule has 0 fully saturated rings. The molecule has 2 amide bonds. The molecule has 4 nitrogen and oxygen atoms in total. The lowest BCUT2D eigenvalue weighted by Gasteiger charge is -2.19. The van der Waals surface area contributed by atoms with Gasteiger partial charge in [0.1, 0.15) is 5.75 Å². The molecular formula is C22H14ClNO3. The summed E-state index contributed by atoms with van der Waals surface area (Å²) in [4.78, 5) is 24.7. The average molecular weight is 376 g/mol. The van der Waals surface area contributed by atoms with Gasteiger partial charge in [-0.2, -0.15) is 0 Å². The Labute approximate surface area is 160 Å². The van der Waals surface area contributed by atoms with Crippen molar-refractivity contribution in [2.75, 3.05) is 0 Å². The second kappa shape index (κ2) is 6.74. The molecule has 132 valence electrons. The third kappa shape index (κ3) is 3.35. The number of benzene rings is 3. The Morgan fingerprint density at radius 1 is 0.815 bits per heavy atom. The summed E-state index contributed by atoms with van der Waals surface area (Å²) in [5.41, 5.74) is 3.87. The van der Waals surface area contributed by atoms with E-state index >= 15 is 0 Å². The van der Waals surface area contributed by atoms with Gasteiger partial charge in [-0.3, -0.25) is 14.9 Å². The molecule has 27 heavy (non-hydrogen) atoms. The number of carbonyl (C=O) groups is 2. The molecule has 0 aliphatic carbocycles. The Bertz CT molecular complexity index is 1100. The number of carbonyl (C=O) groups excluding carboxylic acids is 2. The number of hydrogen-bond donors (Lipinski definition) is 2. The van der Waals surface area contributed by atoms with Gasteiger partial charge in [0.25, 0.3) is 11.8 Å². The number of phenols is 1. The Hall–Kier alpha value is -3.37. The van der Waals surface area contributed by atoms with E-state index in [4.69, 9.17) is 11.6 Å². The Morgan fingerprint density at radius 3 is 2.30 bits per heavy atom. The number of phenolic OH excluding ortho intramolecular Hbond substituents is 1. The lowest BCUT2D eigenvalue weighted by Crippen LogP contribution is -2.36. The zero-order chi connectivity index (χ0) is 19.0. The number of halogens is 1. The fourth-order valence-corrected chi connectivity index (χ4v) is 3.25. The quantitative estimate of drug-likeness (QED) is 0.511. The summed E-state index contributed by atoms with van der Waals surface area (Å²) in [5.74, 6) is -0.732. The molecule has 1 heterocycles. The van der Waals surface area contributed by atoms with Crippen molar-refractivity contribution in [1.82, 2.24) is 5.32 Å². The summed E-state index contributed by atoms with van der Waals surface area (Å²) >= 11 is 6.06. The van der Waals surface area contributed by atoms with Gasteiger partial charge in [0, 0.05) is 16.2 Å². The molecule has 0 saturated carbocycles. The third-order valence-electron chi connectivity index (χ3n) is 4.39. The summed E-state index contributed by atoms with van der Waals surface area (Å²) in [7, 11) is 0. The zero-order valence-corrected chi connectivity index (χ0v) is 14.8. The van der Waals surface area contributed by atoms with Crippen LogP contribution in [0.2, 0.25) is 5.02 Å². The first-order valence-corrected chi connectivity index (χ1v) is 8.66. The molecular weight excluding hydrogens is 362 g/mol. The van der Waals surface area contributed by atoms with E-state index in [0.717, 1.165) is 16.7 Å². The highest BCUT2D eigenvalue weighted by atomic mass is 35.5. The topological polar surface area (TPSA) is 66.4 Å². The van der Waals surface area contributed by atoms with Crippen molar-refractivity contribution in [1.29, 1.82) is 0 Å². The van der Waals surface area contributed by atoms with Crippen LogP contribution in [0.5, 0.6) is 5.75 Å². The van der Waals surface area contributed by atoms with Gasteiger partial charge in [-0.05, 0) is 58.7 Å². The molecule has 0 aromatic heterocycles. The molecule has 2 N–H and O–H groups in total. The van der Waals surface area contributed by atoms with Crippen molar-refractivity contribution in [3.8, 4) is 16.9 Å². The predicted molar refractivity (Wildman–Crippen MR) is 105 cm³/mol. The van der Waals surface area contributed by atoms with Crippen LogP contribution in [0.3, 0.4) is 0 Å². The molecule has 0 spiro atoms. The van der Waals surface area contributed by atoms with Crippen molar-refractivity contribution in [2.45, 2.75) is 0 Å². The van der Waals surface area contributed by atoms with Crippen LogP contribution in [0.1, 0.15) is 21.5 Å². The second-order valence-corrected chi connectivity index (χ2v) is 6.64. The minimum Gasteiger partial charge on any atom is -0.508 e. The number of imide groups is 1. The third-order valence-corrected chi connectivity index (χ3v) is 4.62. The molecule has 0 saturated heterocycles. The van der Waals surface area contributed by atoms with Crippen LogP contribution in [-0.4, -0.2) is 16.9 Å². The summed E-state index contributed by atoms with van der Waals surface area (Å²) in [6.45, 7) is 0. The van der Waals surface area contributed by atoms with Crippen LogP contribution in [0.15, 0.2) is 66.7 Å². The minimum absolute atomic E-state index is 0.145. The molecule has 1 aliphatic heterocycles. The van der Waals surface area contributed by atoms with Crippen LogP contribution in [-0.2, 0) is 4.79 Å². The highest BCUT2D eigenvalue weighted by molar-refractivity contribution is 6.34. The number of amides is 2. The normalized spacial score (nSPS) is 14.8. The monoisotopic (exact) mass is 375 g/mol. The largest absolute Gasteiger partial charge is 0.508 e. The van der Waals surface area contributed by atoms with Gasteiger partial charge in [0.05, 0.1) is 0 Å². The van der Waals surface area contributed by atoms with Crippen LogP contribution in [0.4, 0.5) is 0 Å². The first-order valence-electron chi connectivity index (χ1n) is 8.28. The Kier molecular flexibility index (Phi) is 4.26. The van der Waals surface area contributed by atoms with E-state index in [0.29, 0.717) is 21.7 Å². The SMILES string of the molecule is O=C1NC(=O)c2cc(-c3cccc(Cl)c3)ccc2C1=Cc1ccc(O)cc1. The molecule has 0 atom stereocenters. The Morgan fingerprint density at radius 2 is 1.56 bits per heavy atom. The maximum Gasteiger partial charge on any atom is 0.258 e. The van der Waals surface area contributed by atoms with E-state index in [1.165, 1.54) is 0 Å². The van der Waals surface area contributed by atoms with Gasteiger partial charge < -0.3 is 5.11 Å². The van der Waals surface area contributed by atoms with Crippen LogP contribution < -0.4 is 5.32 Å². The molecule has 0 radical (unpaired) electrons. The van der Waals surface area contributed by atoms with E-state index in [1.54, 1.807) is 48.5 Å². The lowest BCUT2D eigenvalue weighted by molar-refractivity contribution is -0.114. The van der Waals surface area contributed by atoms with Crippen LogP contribution in [0, 0.1) is 0 Å². The molecule has 4 rings (SSSR count). The van der Waals surface area contributed by atoms with Gasteiger partial charge in [0.2, 0.25) is 0 Å². The van der Waals surface area contributed by atoms with Gasteiger partial charge in [-0.25, -0.2) is 0 Å². The van der Waals surface area contributed by atoms with E-state index in [1.807, 2.05) is 24.3 Å². The number of nitrogens with one attached hydrogen (secondary N) is 1. The molecule has 0 unspecified atom stereocenters. The van der Waals surface area contributed by atoms with Crippen LogP contribution in [0.25, 0.3) is 22.8 Å². The van der Waals surface area contributed by atoms with E-state index in [2.05, 4.69) is 5.32 Å².